The lowest BCUT2D eigenvalue weighted by atomic mass is 10.00. The van der Waals surface area contributed by atoms with Gasteiger partial charge in [-0.3, -0.25) is 53.3 Å². The first-order valence-electron chi connectivity index (χ1n) is 41.9. The number of morpholine rings is 4. The summed E-state index contributed by atoms with van der Waals surface area (Å²) in [6, 6.07) is 39.7. The number of carbonyl (C=O) groups is 4. The molecule has 4 saturated heterocycles. The van der Waals surface area contributed by atoms with Crippen molar-refractivity contribution < 1.29 is 82.0 Å². The molecular weight excluding hydrogens is 1850 g/mol. The summed E-state index contributed by atoms with van der Waals surface area (Å²) in [6.45, 7) is 9.58. The summed E-state index contributed by atoms with van der Waals surface area (Å²) >= 11 is 19.3. The second-order valence-corrected chi connectivity index (χ2v) is 32.6. The fourth-order valence-electron chi connectivity index (χ4n) is 14.8. The summed E-state index contributed by atoms with van der Waals surface area (Å²) < 4.78 is 158. The van der Waals surface area contributed by atoms with Crippen LogP contribution in [0.3, 0.4) is 0 Å². The number of benzene rings is 5. The van der Waals surface area contributed by atoms with Gasteiger partial charge in [0.05, 0.1) is 64.5 Å². The third-order valence-electron chi connectivity index (χ3n) is 21.9. The van der Waals surface area contributed by atoms with Gasteiger partial charge in [-0.2, -0.15) is 40.4 Å². The van der Waals surface area contributed by atoms with Crippen LogP contribution in [0.2, 0.25) is 15.1 Å². The van der Waals surface area contributed by atoms with Gasteiger partial charge >= 0.3 is 12.4 Å². The number of hydrogen-bond acceptors (Lipinski definition) is 20. The Morgan fingerprint density at radius 1 is 0.375 bits per heavy atom. The van der Waals surface area contributed by atoms with E-state index in [0.29, 0.717) is 222 Å². The number of anilines is 8. The van der Waals surface area contributed by atoms with E-state index in [4.69, 9.17) is 53.8 Å². The predicted octanol–water partition coefficient (Wildman–Crippen LogP) is 16.7. The van der Waals surface area contributed by atoms with Crippen LogP contribution in [0.15, 0.2) is 220 Å². The van der Waals surface area contributed by atoms with Crippen molar-refractivity contribution in [2.24, 2.45) is 28.2 Å². The standard InChI is InChI=1S/C24H23ClF2N4O3.C24H22ClF2N3O3.C24H20F3N5O3.C23H20ClF3N4O3/c1-24(26,27)21-12-15(5-6-28-21)22(32)29-17-3-4-19(25)18(13-17)16-11-20(23(33)30(2)14-16)31-7-9-34-10-8-31;1-29-14-17(12-21(24(29)32)30-7-9-33-10-8-30)19-13-18(5-6-20(19)25)28-23(31)16-4-2-3-15(11-16)22(26)27;1-31-14-17(10-20(23(31)34)32-6-8-35-9-7-32)19-12-18(3-2-16(19)13-28)30-22(33)15-4-5-29-21(11-15)24(25,26)27;1-30-13-15(10-19(22(30)33)31-6-8-34-9-7-31)17-12-16(2-3-18(17)24)29-21(32)14-4-5-28-20(11-14)23(25,26)27/h3-6,11-14H,7-10H2,1-2H3,(H,29,32);2-6,11-14,22H,7-10H2,1H3,(H,28,31);2-5,10-12,14H,6-9H2,1H3,(H,30,33);2-5,10-13H,6-9H2,1H3,(H,29,32). The zero-order valence-electron chi connectivity index (χ0n) is 73.1. The molecular formula is C95H85Cl3F10N16O12. The van der Waals surface area contributed by atoms with Crippen LogP contribution < -0.4 is 63.1 Å². The van der Waals surface area contributed by atoms with Crippen molar-refractivity contribution in [2.75, 3.05) is 146 Å². The molecule has 4 aliphatic heterocycles. The highest BCUT2D eigenvalue weighted by molar-refractivity contribution is 6.34. The van der Waals surface area contributed by atoms with Crippen molar-refractivity contribution >= 4 is 104 Å². The van der Waals surface area contributed by atoms with E-state index in [1.54, 1.807) is 138 Å². The molecule has 12 aromatic rings. The summed E-state index contributed by atoms with van der Waals surface area (Å²) in [5.74, 6) is -5.72. The highest BCUT2D eigenvalue weighted by Gasteiger charge is 2.35. The number of halogens is 13. The number of aryl methyl sites for hydroxylation is 4. The minimum atomic E-state index is -4.68. The van der Waals surface area contributed by atoms with Crippen LogP contribution in [0.1, 0.15) is 83.0 Å². The number of pyridine rings is 7. The molecule has 11 heterocycles. The SMILES string of the molecule is Cn1cc(-c2cc(NC(=O)c3cccc(C(F)F)c3)ccc2Cl)cc(N2CCOCC2)c1=O.Cn1cc(-c2cc(NC(=O)c3ccnc(C(C)(F)F)c3)ccc2Cl)cc(N2CCOCC2)c1=O.Cn1cc(-c2cc(NC(=O)c3ccnc(C(F)(F)F)c3)ccc2C#N)cc(N2CCOCC2)c1=O.Cn1cc(-c2cc(NC(=O)c3ccnc(C(F)(F)F)c3)ccc2Cl)cc(N2CCOCC2)c1=O. The van der Waals surface area contributed by atoms with Gasteiger partial charge in [-0.25, -0.2) is 8.78 Å². The van der Waals surface area contributed by atoms with E-state index in [2.05, 4.69) is 42.3 Å². The maximum absolute atomic E-state index is 13.6. The molecule has 41 heteroatoms. The summed E-state index contributed by atoms with van der Waals surface area (Å²) in [5.41, 5.74) is 4.83. The van der Waals surface area contributed by atoms with Crippen LogP contribution in [0, 0.1) is 11.3 Å². The number of ether oxygens (including phenoxy) is 4. The molecule has 708 valence electrons. The van der Waals surface area contributed by atoms with Gasteiger partial charge in [0.25, 0.3) is 58.2 Å². The van der Waals surface area contributed by atoms with E-state index in [9.17, 15) is 87.5 Å². The Morgan fingerprint density at radius 2 is 0.647 bits per heavy atom. The molecule has 7 aromatic heterocycles. The first kappa shape index (κ1) is 99.4. The number of amides is 4. The summed E-state index contributed by atoms with van der Waals surface area (Å²) in [7, 11) is 6.58. The Bertz CT molecular complexity index is 6590. The maximum atomic E-state index is 13.6. The maximum Gasteiger partial charge on any atom is 0.433 e. The topological polar surface area (TPSA) is 317 Å². The number of alkyl halides is 10. The average molecular weight is 1940 g/mol. The number of nitriles is 1. The van der Waals surface area contributed by atoms with Crippen LogP contribution in [0.4, 0.5) is 89.4 Å². The Morgan fingerprint density at radius 3 is 0.934 bits per heavy atom. The third-order valence-corrected chi connectivity index (χ3v) is 22.9. The second kappa shape index (κ2) is 43.5. The monoisotopic (exact) mass is 1940 g/mol. The third kappa shape index (κ3) is 24.7. The number of nitrogens with zero attached hydrogens (tertiary/aromatic N) is 12. The molecule has 0 radical (unpaired) electrons. The fraction of sp³-hybridized carbons (Fsp3) is 0.263. The molecule has 0 unspecified atom stereocenters. The largest absolute Gasteiger partial charge is 0.433 e. The quantitative estimate of drug-likeness (QED) is 0.0580. The van der Waals surface area contributed by atoms with E-state index >= 15 is 0 Å². The Balaban J connectivity index is 0.000000153. The van der Waals surface area contributed by atoms with Crippen molar-refractivity contribution in [1.82, 2.24) is 33.2 Å². The van der Waals surface area contributed by atoms with Gasteiger partial charge < -0.3 is 78.1 Å². The van der Waals surface area contributed by atoms with Crippen molar-refractivity contribution in [3.63, 3.8) is 0 Å². The molecule has 4 amide bonds. The van der Waals surface area contributed by atoms with Gasteiger partial charge in [0.15, 0.2) is 0 Å². The van der Waals surface area contributed by atoms with E-state index in [0.717, 1.165) is 25.4 Å². The summed E-state index contributed by atoms with van der Waals surface area (Å²) in [6.07, 6.45) is -2.39. The van der Waals surface area contributed by atoms with Gasteiger partial charge in [0.1, 0.15) is 39.8 Å². The van der Waals surface area contributed by atoms with Crippen LogP contribution in [-0.2, 0) is 65.4 Å². The van der Waals surface area contributed by atoms with E-state index in [1.165, 1.54) is 79.1 Å². The van der Waals surface area contributed by atoms with Gasteiger partial charge in [-0.15, -0.1) is 0 Å². The predicted molar refractivity (Wildman–Crippen MR) is 496 cm³/mol. The molecule has 0 bridgehead atoms. The van der Waals surface area contributed by atoms with Crippen molar-refractivity contribution in [2.45, 2.75) is 31.6 Å². The molecule has 4 aliphatic rings. The highest BCUT2D eigenvalue weighted by Crippen LogP contribution is 2.39. The van der Waals surface area contributed by atoms with Gasteiger partial charge in [0.2, 0.25) is 0 Å². The van der Waals surface area contributed by atoms with Gasteiger partial charge in [-0.05, 0) is 146 Å². The van der Waals surface area contributed by atoms with Crippen LogP contribution in [-0.4, -0.2) is 162 Å². The number of rotatable bonds is 18. The first-order valence-corrected chi connectivity index (χ1v) is 43.0. The van der Waals surface area contributed by atoms with E-state index in [-0.39, 0.29) is 55.7 Å². The minimum absolute atomic E-state index is 0.0553. The number of hydrogen-bond donors (Lipinski definition) is 4. The van der Waals surface area contributed by atoms with Crippen molar-refractivity contribution in [3.8, 4) is 50.6 Å². The Kier molecular flexibility index (Phi) is 31.8. The minimum Gasteiger partial charge on any atom is -0.378 e. The summed E-state index contributed by atoms with van der Waals surface area (Å²) in [4.78, 5) is 119. The van der Waals surface area contributed by atoms with Gasteiger partial charge in [0, 0.05) is 241 Å². The van der Waals surface area contributed by atoms with Gasteiger partial charge in [-0.1, -0.05) is 46.9 Å². The van der Waals surface area contributed by atoms with Crippen molar-refractivity contribution in [1.29, 1.82) is 5.26 Å². The lowest BCUT2D eigenvalue weighted by Crippen LogP contribution is -2.40. The smallest absolute Gasteiger partial charge is 0.378 e. The van der Waals surface area contributed by atoms with Crippen LogP contribution in [0.5, 0.6) is 0 Å². The van der Waals surface area contributed by atoms with E-state index < -0.39 is 65.4 Å². The lowest BCUT2D eigenvalue weighted by Gasteiger charge is -2.28. The van der Waals surface area contributed by atoms with Crippen LogP contribution in [0.25, 0.3) is 44.5 Å². The van der Waals surface area contributed by atoms with Crippen molar-refractivity contribution in [3.05, 3.63) is 308 Å². The number of carbonyl (C=O) groups excluding carboxylic acids is 4. The highest BCUT2D eigenvalue weighted by atomic mass is 35.5. The zero-order valence-corrected chi connectivity index (χ0v) is 75.4. The molecule has 5 aromatic carbocycles. The lowest BCUT2D eigenvalue weighted by molar-refractivity contribution is -0.142. The first-order chi connectivity index (χ1) is 64.8. The molecule has 28 nitrogen and oxygen atoms in total. The molecule has 16 rings (SSSR count). The number of nitrogens with one attached hydrogen (secondary N) is 4. The van der Waals surface area contributed by atoms with Crippen LogP contribution >= 0.6 is 34.8 Å². The zero-order chi connectivity index (χ0) is 97.6. The normalized spacial score (nSPS) is 14.0. The molecule has 0 spiro atoms. The second-order valence-electron chi connectivity index (χ2n) is 31.4. The number of aromatic nitrogens is 7. The molecule has 4 fully saturated rings. The Labute approximate surface area is 784 Å². The Hall–Kier alpha value is -14.1. The molecule has 0 atom stereocenters. The molecule has 0 aliphatic carbocycles. The average Bonchev–Trinajstić information content (AvgIpc) is 0.798. The fourth-order valence-corrected chi connectivity index (χ4v) is 15.5. The molecule has 0 saturated carbocycles. The van der Waals surface area contributed by atoms with E-state index in [1.807, 2.05) is 19.6 Å². The molecule has 4 N–H and O–H groups in total. The molecule has 136 heavy (non-hydrogen) atoms. The summed E-state index contributed by atoms with van der Waals surface area (Å²) in [5, 5.41) is 21.5.